The van der Waals surface area contributed by atoms with Crippen LogP contribution >= 0.6 is 0 Å². The van der Waals surface area contributed by atoms with E-state index < -0.39 is 0 Å². The van der Waals surface area contributed by atoms with Gasteiger partial charge in [0.1, 0.15) is 0 Å². The Morgan fingerprint density at radius 3 is 2.17 bits per heavy atom. The number of nitrogens with zero attached hydrogens (tertiary/aromatic N) is 1. The van der Waals surface area contributed by atoms with Crippen LogP contribution < -0.4 is 10.6 Å². The highest BCUT2D eigenvalue weighted by atomic mass is 16.1. The minimum absolute atomic E-state index is 0.204. The quantitative estimate of drug-likeness (QED) is 0.376. The molecule has 0 aliphatic rings. The summed E-state index contributed by atoms with van der Waals surface area (Å²) in [6.45, 7) is 0.461. The summed E-state index contributed by atoms with van der Waals surface area (Å²) in [5.74, 6) is 0.212. The molecular formula is C25H21N3O. The second-order valence-corrected chi connectivity index (χ2v) is 6.62. The van der Waals surface area contributed by atoms with Crippen molar-refractivity contribution in [3.8, 4) is 0 Å². The predicted molar refractivity (Wildman–Crippen MR) is 119 cm³/mol. The molecule has 142 valence electrons. The Bertz CT molecular complexity index is 1130. The van der Waals surface area contributed by atoms with Gasteiger partial charge in [0.25, 0.3) is 5.91 Å². The van der Waals surface area contributed by atoms with Gasteiger partial charge in [-0.1, -0.05) is 84.9 Å². The van der Waals surface area contributed by atoms with E-state index in [0.717, 1.165) is 22.0 Å². The summed E-state index contributed by atoms with van der Waals surface area (Å²) in [7, 11) is 0. The van der Waals surface area contributed by atoms with Crippen LogP contribution in [0.3, 0.4) is 0 Å². The van der Waals surface area contributed by atoms with Crippen LogP contribution in [-0.2, 0) is 6.54 Å². The van der Waals surface area contributed by atoms with Crippen molar-refractivity contribution >= 4 is 28.3 Å². The molecule has 0 heterocycles. The smallest absolute Gasteiger partial charge is 0.257 e. The number of rotatable bonds is 4. The maximum absolute atomic E-state index is 12.7. The van der Waals surface area contributed by atoms with Crippen molar-refractivity contribution in [2.45, 2.75) is 6.54 Å². The number of aliphatic imine (C=N–C) groups is 1. The van der Waals surface area contributed by atoms with E-state index in [1.807, 2.05) is 78.9 Å². The van der Waals surface area contributed by atoms with Crippen LogP contribution in [0.25, 0.3) is 10.8 Å². The highest BCUT2D eigenvalue weighted by molar-refractivity contribution is 6.12. The van der Waals surface area contributed by atoms with E-state index in [1.54, 1.807) is 12.1 Å². The molecule has 2 N–H and O–H groups in total. The van der Waals surface area contributed by atoms with Crippen LogP contribution in [0.2, 0.25) is 0 Å². The van der Waals surface area contributed by atoms with Crippen molar-refractivity contribution in [3.63, 3.8) is 0 Å². The van der Waals surface area contributed by atoms with Crippen molar-refractivity contribution in [2.75, 3.05) is 5.32 Å². The number of guanidine groups is 1. The van der Waals surface area contributed by atoms with Gasteiger partial charge in [0.15, 0.2) is 0 Å². The Morgan fingerprint density at radius 1 is 0.724 bits per heavy atom. The SMILES string of the molecule is O=C(NC(=NCc1ccccc1)Nc1cccc2ccccc12)c1ccccc1. The number of amides is 1. The third kappa shape index (κ3) is 4.68. The van der Waals surface area contributed by atoms with Crippen molar-refractivity contribution in [1.29, 1.82) is 0 Å². The third-order valence-electron chi connectivity index (χ3n) is 4.57. The van der Waals surface area contributed by atoms with E-state index in [2.05, 4.69) is 27.8 Å². The zero-order valence-corrected chi connectivity index (χ0v) is 15.9. The molecule has 4 aromatic rings. The molecule has 0 aliphatic carbocycles. The van der Waals surface area contributed by atoms with E-state index in [4.69, 9.17) is 0 Å². The van der Waals surface area contributed by atoms with Gasteiger partial charge in [0.2, 0.25) is 5.96 Å². The van der Waals surface area contributed by atoms with Gasteiger partial charge in [-0.25, -0.2) is 4.99 Å². The number of fused-ring (bicyclic) bond motifs is 1. The van der Waals surface area contributed by atoms with Gasteiger partial charge in [-0.15, -0.1) is 0 Å². The molecule has 4 rings (SSSR count). The molecule has 29 heavy (non-hydrogen) atoms. The first kappa shape index (κ1) is 18.4. The predicted octanol–water partition coefficient (Wildman–Crippen LogP) is 5.24. The lowest BCUT2D eigenvalue weighted by Crippen LogP contribution is -2.36. The van der Waals surface area contributed by atoms with Crippen LogP contribution in [0.15, 0.2) is 108 Å². The Kier molecular flexibility index (Phi) is 5.63. The highest BCUT2D eigenvalue weighted by Crippen LogP contribution is 2.22. The van der Waals surface area contributed by atoms with Crippen LogP contribution in [0, 0.1) is 0 Å². The first-order chi connectivity index (χ1) is 14.3. The molecule has 0 atom stereocenters. The lowest BCUT2D eigenvalue weighted by atomic mass is 10.1. The van der Waals surface area contributed by atoms with Crippen molar-refractivity contribution in [2.24, 2.45) is 4.99 Å². The average Bonchev–Trinajstić information content (AvgIpc) is 2.79. The first-order valence-corrected chi connectivity index (χ1v) is 9.49. The Hall–Kier alpha value is -3.92. The maximum Gasteiger partial charge on any atom is 0.257 e. The molecule has 0 spiro atoms. The van der Waals surface area contributed by atoms with E-state index in [1.165, 1.54) is 0 Å². The first-order valence-electron chi connectivity index (χ1n) is 9.49. The van der Waals surface area contributed by atoms with E-state index in [-0.39, 0.29) is 5.91 Å². The number of benzene rings is 4. The van der Waals surface area contributed by atoms with Gasteiger partial charge in [0.05, 0.1) is 6.54 Å². The molecule has 4 aromatic carbocycles. The number of hydrogen-bond acceptors (Lipinski definition) is 2. The number of anilines is 1. The van der Waals surface area contributed by atoms with Gasteiger partial charge in [-0.2, -0.15) is 0 Å². The second-order valence-electron chi connectivity index (χ2n) is 6.62. The Morgan fingerprint density at radius 2 is 1.38 bits per heavy atom. The molecule has 1 amide bonds. The van der Waals surface area contributed by atoms with Gasteiger partial charge >= 0.3 is 0 Å². The Labute approximate surface area is 169 Å². The lowest BCUT2D eigenvalue weighted by molar-refractivity contribution is 0.0977. The normalized spacial score (nSPS) is 11.2. The molecule has 0 fully saturated rings. The van der Waals surface area contributed by atoms with Crippen LogP contribution in [0.4, 0.5) is 5.69 Å². The summed E-state index contributed by atoms with van der Waals surface area (Å²) in [5, 5.41) is 8.41. The van der Waals surface area contributed by atoms with E-state index in [9.17, 15) is 4.79 Å². The van der Waals surface area contributed by atoms with Crippen LogP contribution in [-0.4, -0.2) is 11.9 Å². The second kappa shape index (κ2) is 8.85. The molecule has 0 saturated carbocycles. The van der Waals surface area contributed by atoms with Gasteiger partial charge in [-0.05, 0) is 29.1 Å². The molecule has 0 saturated heterocycles. The summed E-state index contributed by atoms with van der Waals surface area (Å²) >= 11 is 0. The zero-order chi connectivity index (χ0) is 19.9. The lowest BCUT2D eigenvalue weighted by Gasteiger charge is -2.14. The summed E-state index contributed by atoms with van der Waals surface area (Å²) in [5.41, 5.74) is 2.54. The fourth-order valence-corrected chi connectivity index (χ4v) is 3.10. The van der Waals surface area contributed by atoms with Crippen LogP contribution in [0.1, 0.15) is 15.9 Å². The molecule has 0 bridgehead atoms. The number of carbonyl (C=O) groups excluding carboxylic acids is 1. The maximum atomic E-state index is 12.7. The topological polar surface area (TPSA) is 53.5 Å². The zero-order valence-electron chi connectivity index (χ0n) is 15.9. The summed E-state index contributed by atoms with van der Waals surface area (Å²) < 4.78 is 0. The van der Waals surface area contributed by atoms with Gasteiger partial charge in [-0.3, -0.25) is 10.1 Å². The highest BCUT2D eigenvalue weighted by Gasteiger charge is 2.10. The molecule has 0 aliphatic heterocycles. The standard InChI is InChI=1S/C25H21N3O/c29-24(21-13-5-2-6-14-21)28-25(26-18-19-10-3-1-4-11-19)27-23-17-9-15-20-12-7-8-16-22(20)23/h1-17H,18H2,(H2,26,27,28,29). The number of hydrogen-bond donors (Lipinski definition) is 2. The third-order valence-corrected chi connectivity index (χ3v) is 4.57. The van der Waals surface area contributed by atoms with Crippen LogP contribution in [0.5, 0.6) is 0 Å². The Balaban J connectivity index is 1.63. The monoisotopic (exact) mass is 379 g/mol. The summed E-state index contributed by atoms with van der Waals surface area (Å²) in [4.78, 5) is 17.3. The minimum Gasteiger partial charge on any atom is -0.325 e. The summed E-state index contributed by atoms with van der Waals surface area (Å²) in [6.07, 6.45) is 0. The van der Waals surface area contributed by atoms with E-state index in [0.29, 0.717) is 18.1 Å². The molecular weight excluding hydrogens is 358 g/mol. The molecule has 4 heteroatoms. The van der Waals surface area contributed by atoms with E-state index >= 15 is 0 Å². The van der Waals surface area contributed by atoms with Crippen molar-refractivity contribution < 1.29 is 4.79 Å². The van der Waals surface area contributed by atoms with Gasteiger partial charge < -0.3 is 5.32 Å². The largest absolute Gasteiger partial charge is 0.325 e. The van der Waals surface area contributed by atoms with Crippen molar-refractivity contribution in [3.05, 3.63) is 114 Å². The fourth-order valence-electron chi connectivity index (χ4n) is 3.10. The molecule has 0 unspecified atom stereocenters. The average molecular weight is 379 g/mol. The number of carbonyl (C=O) groups is 1. The fraction of sp³-hybridized carbons (Fsp3) is 0.0400. The molecule has 0 aromatic heterocycles. The summed E-state index contributed by atoms with van der Waals surface area (Å²) in [6, 6.07) is 33.2. The molecule has 4 nitrogen and oxygen atoms in total. The minimum atomic E-state index is -0.204. The van der Waals surface area contributed by atoms with Gasteiger partial charge in [0, 0.05) is 16.6 Å². The number of nitrogens with one attached hydrogen (secondary N) is 2. The molecule has 0 radical (unpaired) electrons. The van der Waals surface area contributed by atoms with Crippen molar-refractivity contribution in [1.82, 2.24) is 5.32 Å².